The Balaban J connectivity index is 2.31. The van der Waals surface area contributed by atoms with Crippen molar-refractivity contribution in [3.63, 3.8) is 0 Å². The molecule has 2 rings (SSSR count). The van der Waals surface area contributed by atoms with E-state index in [2.05, 4.69) is 11.6 Å². The monoisotopic (exact) mass is 268 g/mol. The molecule has 0 bridgehead atoms. The first kappa shape index (κ1) is 13.6. The van der Waals surface area contributed by atoms with E-state index in [9.17, 15) is 9.18 Å². The van der Waals surface area contributed by atoms with Gasteiger partial charge in [0.1, 0.15) is 5.76 Å². The molecule has 0 unspecified atom stereocenters. The largest absolute Gasteiger partial charge is 0.475 e. The van der Waals surface area contributed by atoms with Crippen LogP contribution in [0.5, 0.6) is 5.88 Å². The molecule has 0 spiro atoms. The van der Waals surface area contributed by atoms with Crippen molar-refractivity contribution in [1.29, 1.82) is 0 Å². The van der Waals surface area contributed by atoms with Crippen LogP contribution in [-0.4, -0.2) is 21.8 Å². The second kappa shape index (κ2) is 5.03. The van der Waals surface area contributed by atoms with E-state index >= 15 is 0 Å². The summed E-state index contributed by atoms with van der Waals surface area (Å²) in [6, 6.07) is 0. The minimum absolute atomic E-state index is 0.0528. The highest BCUT2D eigenvalue weighted by molar-refractivity contribution is 5.21. The fourth-order valence-electron chi connectivity index (χ4n) is 1.88. The predicted molar refractivity (Wildman–Crippen MR) is 67.8 cm³/mol. The van der Waals surface area contributed by atoms with Crippen LogP contribution in [0.15, 0.2) is 23.3 Å². The Labute approximate surface area is 110 Å². The topological polar surface area (TPSA) is 53.4 Å². The van der Waals surface area contributed by atoms with E-state index in [1.807, 2.05) is 13.8 Å². The van der Waals surface area contributed by atoms with Crippen molar-refractivity contribution in [1.82, 2.24) is 9.55 Å². The summed E-state index contributed by atoms with van der Waals surface area (Å²) in [5, 5.41) is 0. The fourth-order valence-corrected chi connectivity index (χ4v) is 1.88. The van der Waals surface area contributed by atoms with E-state index in [1.165, 1.54) is 4.57 Å². The molecule has 0 saturated carbocycles. The van der Waals surface area contributed by atoms with Crippen LogP contribution >= 0.6 is 0 Å². The van der Waals surface area contributed by atoms with Crippen molar-refractivity contribution in [2.24, 2.45) is 0 Å². The zero-order valence-corrected chi connectivity index (χ0v) is 11.2. The molecular weight excluding hydrogens is 251 g/mol. The van der Waals surface area contributed by atoms with Crippen molar-refractivity contribution in [3.05, 3.63) is 34.6 Å². The summed E-state index contributed by atoms with van der Waals surface area (Å²) >= 11 is 0. The average molecular weight is 268 g/mol. The minimum Gasteiger partial charge on any atom is -0.475 e. The number of ether oxygens (including phenoxy) is 2. The maximum Gasteiger partial charge on any atom is 0.353 e. The molecule has 1 aromatic rings. The minimum atomic E-state index is -1.25. The fraction of sp³-hybridized carbons (Fsp3) is 0.538. The number of allylic oxidation sites excluding steroid dienone is 1. The Morgan fingerprint density at radius 2 is 2.32 bits per heavy atom. The lowest BCUT2D eigenvalue weighted by Gasteiger charge is -2.16. The van der Waals surface area contributed by atoms with E-state index in [0.717, 1.165) is 0 Å². The second-order valence-electron chi connectivity index (χ2n) is 4.83. The highest BCUT2D eigenvalue weighted by Crippen LogP contribution is 2.31. The van der Waals surface area contributed by atoms with Gasteiger partial charge in [-0.3, -0.25) is 4.57 Å². The molecule has 0 radical (unpaired) electrons. The van der Waals surface area contributed by atoms with Gasteiger partial charge < -0.3 is 9.47 Å². The Kier molecular flexibility index (Phi) is 3.59. The Morgan fingerprint density at radius 3 is 2.84 bits per heavy atom. The highest BCUT2D eigenvalue weighted by atomic mass is 19.1. The third-order valence-electron chi connectivity index (χ3n) is 2.79. The number of halogens is 1. The van der Waals surface area contributed by atoms with Crippen LogP contribution in [0, 0.1) is 6.92 Å². The van der Waals surface area contributed by atoms with Gasteiger partial charge in [0.25, 0.3) is 0 Å². The number of nitrogens with zero attached hydrogens (tertiary/aromatic N) is 2. The first-order chi connectivity index (χ1) is 8.88. The number of hydrogen-bond acceptors (Lipinski definition) is 4. The van der Waals surface area contributed by atoms with Crippen molar-refractivity contribution >= 4 is 0 Å². The molecular formula is C13H17FN2O3. The van der Waals surface area contributed by atoms with Gasteiger partial charge in [-0.25, -0.2) is 9.18 Å². The van der Waals surface area contributed by atoms with Crippen LogP contribution in [0.25, 0.3) is 0 Å². The molecule has 0 amide bonds. The number of hydrogen-bond donors (Lipinski definition) is 0. The third kappa shape index (κ3) is 2.77. The lowest BCUT2D eigenvalue weighted by Crippen LogP contribution is -2.28. The average Bonchev–Trinajstić information content (AvgIpc) is 2.63. The van der Waals surface area contributed by atoms with E-state index in [4.69, 9.17) is 9.47 Å². The van der Waals surface area contributed by atoms with Crippen LogP contribution in [0.4, 0.5) is 4.39 Å². The van der Waals surface area contributed by atoms with E-state index in [0.29, 0.717) is 11.4 Å². The first-order valence-electron chi connectivity index (χ1n) is 6.14. The summed E-state index contributed by atoms with van der Waals surface area (Å²) in [7, 11) is 0. The Morgan fingerprint density at radius 1 is 1.63 bits per heavy atom. The molecule has 1 fully saturated rings. The van der Waals surface area contributed by atoms with Crippen molar-refractivity contribution in [2.45, 2.75) is 45.7 Å². The molecule has 1 saturated heterocycles. The Bertz CT molecular complexity index is 553. The molecule has 6 heteroatoms. The molecule has 0 aromatic carbocycles. The van der Waals surface area contributed by atoms with E-state index in [-0.39, 0.29) is 18.3 Å². The second-order valence-corrected chi connectivity index (χ2v) is 4.83. The summed E-state index contributed by atoms with van der Waals surface area (Å²) in [6.07, 6.45) is -0.356. The van der Waals surface area contributed by atoms with Crippen molar-refractivity contribution in [2.75, 3.05) is 0 Å². The predicted octanol–water partition coefficient (Wildman–Crippen LogP) is 2.11. The van der Waals surface area contributed by atoms with Gasteiger partial charge >= 0.3 is 5.69 Å². The van der Waals surface area contributed by atoms with Crippen LogP contribution in [-0.2, 0) is 4.74 Å². The quantitative estimate of drug-likeness (QED) is 0.842. The van der Waals surface area contributed by atoms with Gasteiger partial charge in [0.2, 0.25) is 5.88 Å². The maximum absolute atomic E-state index is 13.4. The van der Waals surface area contributed by atoms with Crippen LogP contribution < -0.4 is 10.4 Å². The van der Waals surface area contributed by atoms with Crippen molar-refractivity contribution < 1.29 is 13.9 Å². The molecule has 2 atom stereocenters. The van der Waals surface area contributed by atoms with Gasteiger partial charge in [0.15, 0.2) is 12.4 Å². The molecule has 1 aliphatic rings. The van der Waals surface area contributed by atoms with Crippen LogP contribution in [0.3, 0.4) is 0 Å². The van der Waals surface area contributed by atoms with Gasteiger partial charge in [-0.2, -0.15) is 4.98 Å². The molecule has 0 N–H and O–H groups in total. The third-order valence-corrected chi connectivity index (χ3v) is 2.79. The van der Waals surface area contributed by atoms with Gasteiger partial charge in [-0.15, -0.1) is 0 Å². The summed E-state index contributed by atoms with van der Waals surface area (Å²) < 4.78 is 25.3. The van der Waals surface area contributed by atoms with Gasteiger partial charge in [0.05, 0.1) is 6.10 Å². The number of alkyl halides is 1. The van der Waals surface area contributed by atoms with E-state index in [1.54, 1.807) is 13.1 Å². The van der Waals surface area contributed by atoms with Crippen LogP contribution in [0.2, 0.25) is 0 Å². The molecule has 104 valence electrons. The van der Waals surface area contributed by atoms with E-state index < -0.39 is 18.1 Å². The number of rotatable bonds is 3. The zero-order valence-electron chi connectivity index (χ0n) is 11.2. The molecule has 1 aliphatic heterocycles. The number of aromatic nitrogens is 2. The first-order valence-corrected chi connectivity index (χ1v) is 6.14. The Hall–Kier alpha value is -1.85. The SMILES string of the molecule is C=C1O[C@@H](n2cc(C)c(OC(C)C)nc2=O)C[C@@H]1F. The maximum atomic E-state index is 13.4. The summed E-state index contributed by atoms with van der Waals surface area (Å²) in [6.45, 7) is 8.94. The summed E-state index contributed by atoms with van der Waals surface area (Å²) in [5.41, 5.74) is 0.179. The zero-order chi connectivity index (χ0) is 14.2. The van der Waals surface area contributed by atoms with Crippen LogP contribution in [0.1, 0.15) is 32.1 Å². The lowest BCUT2D eigenvalue weighted by molar-refractivity contribution is 0.0927. The molecule has 5 nitrogen and oxygen atoms in total. The molecule has 1 aromatic heterocycles. The highest BCUT2D eigenvalue weighted by Gasteiger charge is 2.31. The van der Waals surface area contributed by atoms with Gasteiger partial charge in [-0.1, -0.05) is 6.58 Å². The standard InChI is InChI=1S/C13H17FN2O3/c1-7(2)18-12-8(3)6-16(13(17)15-12)11-5-10(14)9(4)19-11/h6-7,10-11H,4-5H2,1-3H3/t10-,11+/m0/s1. The summed E-state index contributed by atoms with van der Waals surface area (Å²) in [4.78, 5) is 15.8. The lowest BCUT2D eigenvalue weighted by atomic mass is 10.2. The smallest absolute Gasteiger partial charge is 0.353 e. The normalized spacial score (nSPS) is 22.7. The summed E-state index contributed by atoms with van der Waals surface area (Å²) in [5.74, 6) is 0.349. The molecule has 0 aliphatic carbocycles. The van der Waals surface area contributed by atoms with Gasteiger partial charge in [0, 0.05) is 18.2 Å². The molecule has 19 heavy (non-hydrogen) atoms. The number of aryl methyl sites for hydroxylation is 1. The molecule has 2 heterocycles. The van der Waals surface area contributed by atoms with Gasteiger partial charge in [-0.05, 0) is 20.8 Å². The van der Waals surface area contributed by atoms with Crippen molar-refractivity contribution in [3.8, 4) is 5.88 Å².